The number of likely N-dealkylation sites (tertiary alicyclic amines) is 1. The van der Waals surface area contributed by atoms with E-state index < -0.39 is 0 Å². The zero-order chi connectivity index (χ0) is 17.2. The number of nitrogens with zero attached hydrogens (tertiary/aromatic N) is 1. The maximum atomic E-state index is 12.2. The van der Waals surface area contributed by atoms with Gasteiger partial charge in [0.05, 0.1) is 13.2 Å². The Hall–Kier alpha value is -2.19. The van der Waals surface area contributed by atoms with E-state index in [0.29, 0.717) is 31.5 Å². The monoisotopic (exact) mass is 331 g/mol. The zero-order valence-corrected chi connectivity index (χ0v) is 14.2. The van der Waals surface area contributed by atoms with Crippen molar-refractivity contribution in [2.24, 2.45) is 5.92 Å². The molecule has 5 nitrogen and oxygen atoms in total. The molecule has 0 radical (unpaired) electrons. The molecule has 1 fully saturated rings. The highest BCUT2D eigenvalue weighted by molar-refractivity contribution is 5.77. The highest BCUT2D eigenvalue weighted by Crippen LogP contribution is 2.19. The Morgan fingerprint density at radius 1 is 1.21 bits per heavy atom. The Labute approximate surface area is 143 Å². The van der Waals surface area contributed by atoms with Crippen LogP contribution in [0.4, 0.5) is 0 Å². The Morgan fingerprint density at radius 2 is 1.83 bits per heavy atom. The lowest BCUT2D eigenvalue weighted by molar-refractivity contribution is -0.135. The van der Waals surface area contributed by atoms with Gasteiger partial charge in [0, 0.05) is 13.1 Å². The van der Waals surface area contributed by atoms with Crippen LogP contribution in [0, 0.1) is 18.3 Å². The van der Waals surface area contributed by atoms with Crippen LogP contribution >= 0.6 is 0 Å². The topological polar surface area (TPSA) is 48.0 Å². The Kier molecular flexibility index (Phi) is 7.44. The van der Waals surface area contributed by atoms with Crippen molar-refractivity contribution in [1.29, 1.82) is 0 Å². The molecule has 1 amide bonds. The molecule has 24 heavy (non-hydrogen) atoms. The van der Waals surface area contributed by atoms with E-state index in [9.17, 15) is 4.79 Å². The van der Waals surface area contributed by atoms with Crippen LogP contribution in [0.2, 0.25) is 0 Å². The third-order valence-electron chi connectivity index (χ3n) is 4.00. The number of hydrogen-bond donors (Lipinski definition) is 0. The third kappa shape index (κ3) is 5.78. The van der Waals surface area contributed by atoms with Crippen molar-refractivity contribution in [2.45, 2.75) is 19.8 Å². The average molecular weight is 331 g/mol. The zero-order valence-electron chi connectivity index (χ0n) is 14.2. The van der Waals surface area contributed by atoms with Crippen LogP contribution in [-0.2, 0) is 9.53 Å². The van der Waals surface area contributed by atoms with Crippen LogP contribution in [0.1, 0.15) is 19.8 Å². The summed E-state index contributed by atoms with van der Waals surface area (Å²) in [4.78, 5) is 14.1. The first-order chi connectivity index (χ1) is 11.7. The molecule has 2 rings (SSSR count). The fourth-order valence-electron chi connectivity index (χ4n) is 2.67. The second-order valence-electron chi connectivity index (χ2n) is 5.74. The number of benzene rings is 1. The summed E-state index contributed by atoms with van der Waals surface area (Å²) in [7, 11) is 0. The molecule has 0 aromatic heterocycles. The number of ether oxygens (including phenoxy) is 3. The molecule has 1 heterocycles. The van der Waals surface area contributed by atoms with E-state index in [2.05, 4.69) is 5.92 Å². The van der Waals surface area contributed by atoms with Gasteiger partial charge in [0.25, 0.3) is 5.91 Å². The van der Waals surface area contributed by atoms with E-state index in [1.807, 2.05) is 36.1 Å². The molecule has 0 bridgehead atoms. The lowest BCUT2D eigenvalue weighted by Crippen LogP contribution is -2.41. The second kappa shape index (κ2) is 9.84. The van der Waals surface area contributed by atoms with Crippen LogP contribution in [0.3, 0.4) is 0 Å². The summed E-state index contributed by atoms with van der Waals surface area (Å²) in [6, 6.07) is 7.30. The van der Waals surface area contributed by atoms with Gasteiger partial charge in [-0.2, -0.15) is 0 Å². The number of carbonyl (C=O) groups excluding carboxylic acids is 1. The van der Waals surface area contributed by atoms with E-state index in [0.717, 1.165) is 31.7 Å². The molecule has 0 saturated carbocycles. The first-order valence-electron chi connectivity index (χ1n) is 8.37. The molecule has 130 valence electrons. The van der Waals surface area contributed by atoms with E-state index >= 15 is 0 Å². The van der Waals surface area contributed by atoms with Crippen LogP contribution in [0.15, 0.2) is 24.3 Å². The molecule has 0 spiro atoms. The van der Waals surface area contributed by atoms with Gasteiger partial charge in [0.1, 0.15) is 18.1 Å². The molecule has 5 heteroatoms. The van der Waals surface area contributed by atoms with Crippen molar-refractivity contribution in [2.75, 3.05) is 39.5 Å². The summed E-state index contributed by atoms with van der Waals surface area (Å²) in [6.07, 6.45) is 7.05. The average Bonchev–Trinajstić information content (AvgIpc) is 2.62. The summed E-state index contributed by atoms with van der Waals surface area (Å²) < 4.78 is 16.3. The van der Waals surface area contributed by atoms with Gasteiger partial charge in [-0.05, 0) is 49.9 Å². The lowest BCUT2D eigenvalue weighted by Gasteiger charge is -2.31. The van der Waals surface area contributed by atoms with Gasteiger partial charge in [-0.25, -0.2) is 0 Å². The fourth-order valence-corrected chi connectivity index (χ4v) is 2.67. The van der Waals surface area contributed by atoms with Crippen molar-refractivity contribution in [1.82, 2.24) is 4.90 Å². The molecule has 0 atom stereocenters. The van der Waals surface area contributed by atoms with E-state index in [1.165, 1.54) is 0 Å². The van der Waals surface area contributed by atoms with Crippen LogP contribution in [0.25, 0.3) is 0 Å². The molecule has 1 aliphatic heterocycles. The number of carbonyl (C=O) groups is 1. The minimum absolute atomic E-state index is 0.0203. The normalized spacial score (nSPS) is 14.9. The van der Waals surface area contributed by atoms with Crippen LogP contribution < -0.4 is 9.47 Å². The molecule has 0 N–H and O–H groups in total. The molecule has 0 aliphatic carbocycles. The fraction of sp³-hybridized carbons (Fsp3) is 0.526. The van der Waals surface area contributed by atoms with Crippen molar-refractivity contribution < 1.29 is 19.0 Å². The van der Waals surface area contributed by atoms with Gasteiger partial charge >= 0.3 is 0 Å². The molecular weight excluding hydrogens is 306 g/mol. The first kappa shape index (κ1) is 18.2. The summed E-state index contributed by atoms with van der Waals surface area (Å²) in [5.41, 5.74) is 0. The van der Waals surface area contributed by atoms with Crippen molar-refractivity contribution in [3.63, 3.8) is 0 Å². The SMILES string of the molecule is C#CCOCC1CCN(C(=O)COc2ccc(OCC)cc2)CC1. The Morgan fingerprint density at radius 3 is 2.42 bits per heavy atom. The summed E-state index contributed by atoms with van der Waals surface area (Å²) >= 11 is 0. The number of rotatable bonds is 8. The largest absolute Gasteiger partial charge is 0.494 e. The van der Waals surface area contributed by atoms with Gasteiger partial charge in [-0.3, -0.25) is 4.79 Å². The summed E-state index contributed by atoms with van der Waals surface area (Å²) in [6.45, 7) is 5.15. The molecular formula is C19H25NO4. The van der Waals surface area contributed by atoms with Crippen LogP contribution in [-0.4, -0.2) is 50.3 Å². The predicted molar refractivity (Wildman–Crippen MR) is 92.1 cm³/mol. The Bertz CT molecular complexity index is 541. The second-order valence-corrected chi connectivity index (χ2v) is 5.74. The third-order valence-corrected chi connectivity index (χ3v) is 4.00. The van der Waals surface area contributed by atoms with Crippen molar-refractivity contribution >= 4 is 5.91 Å². The number of terminal acetylenes is 1. The summed E-state index contributed by atoms with van der Waals surface area (Å²) in [5, 5.41) is 0. The Balaban J connectivity index is 1.69. The number of hydrogen-bond acceptors (Lipinski definition) is 4. The molecule has 1 aromatic rings. The molecule has 1 aromatic carbocycles. The quantitative estimate of drug-likeness (QED) is 0.542. The molecule has 0 unspecified atom stereocenters. The molecule has 1 aliphatic rings. The first-order valence-corrected chi connectivity index (χ1v) is 8.37. The highest BCUT2D eigenvalue weighted by atomic mass is 16.5. The summed E-state index contributed by atoms with van der Waals surface area (Å²) in [5.74, 6) is 4.43. The van der Waals surface area contributed by atoms with Gasteiger partial charge in [0.2, 0.25) is 0 Å². The van der Waals surface area contributed by atoms with Gasteiger partial charge in [-0.1, -0.05) is 5.92 Å². The van der Waals surface area contributed by atoms with Gasteiger partial charge in [0.15, 0.2) is 6.61 Å². The number of amides is 1. The van der Waals surface area contributed by atoms with Crippen molar-refractivity contribution in [3.8, 4) is 23.8 Å². The van der Waals surface area contributed by atoms with Crippen LogP contribution in [0.5, 0.6) is 11.5 Å². The van der Waals surface area contributed by atoms with E-state index in [1.54, 1.807) is 0 Å². The van der Waals surface area contributed by atoms with E-state index in [4.69, 9.17) is 20.6 Å². The maximum Gasteiger partial charge on any atom is 0.260 e. The maximum absolute atomic E-state index is 12.2. The predicted octanol–water partition coefficient (Wildman–Crippen LogP) is 2.35. The minimum Gasteiger partial charge on any atom is -0.494 e. The van der Waals surface area contributed by atoms with E-state index in [-0.39, 0.29) is 12.5 Å². The van der Waals surface area contributed by atoms with Gasteiger partial charge in [-0.15, -0.1) is 6.42 Å². The van der Waals surface area contributed by atoms with Crippen molar-refractivity contribution in [3.05, 3.63) is 24.3 Å². The smallest absolute Gasteiger partial charge is 0.260 e. The number of piperidine rings is 1. The minimum atomic E-state index is 0.0203. The lowest BCUT2D eigenvalue weighted by atomic mass is 9.98. The molecule has 1 saturated heterocycles. The van der Waals surface area contributed by atoms with Gasteiger partial charge < -0.3 is 19.1 Å². The highest BCUT2D eigenvalue weighted by Gasteiger charge is 2.23. The standard InChI is InChI=1S/C19H25NO4/c1-3-13-22-14-16-9-11-20(12-10-16)19(21)15-24-18-7-5-17(6-8-18)23-4-2/h1,5-8,16H,4,9-15H2,2H3.